The van der Waals surface area contributed by atoms with Gasteiger partial charge in [0, 0.05) is 18.0 Å². The predicted molar refractivity (Wildman–Crippen MR) is 50.0 cm³/mol. The molecule has 0 unspecified atom stereocenters. The van der Waals surface area contributed by atoms with Gasteiger partial charge in [0.15, 0.2) is 17.3 Å². The molecule has 14 heavy (non-hydrogen) atoms. The fraction of sp³-hybridized carbons (Fsp3) is 0.400. The first-order valence-corrected chi connectivity index (χ1v) is 4.49. The topological polar surface area (TPSA) is 44.5 Å². The van der Waals surface area contributed by atoms with E-state index in [1.807, 2.05) is 0 Å². The van der Waals surface area contributed by atoms with Gasteiger partial charge >= 0.3 is 0 Å². The molecule has 1 atom stereocenters. The first kappa shape index (κ1) is 9.27. The number of benzene rings is 1. The zero-order chi connectivity index (χ0) is 10.1. The molecular formula is C10H12FNO2. The second-order valence-corrected chi connectivity index (χ2v) is 3.24. The Balaban J connectivity index is 2.55. The highest BCUT2D eigenvalue weighted by atomic mass is 19.1. The van der Waals surface area contributed by atoms with Crippen LogP contribution in [0.15, 0.2) is 12.1 Å². The van der Waals surface area contributed by atoms with Crippen molar-refractivity contribution < 1.29 is 13.9 Å². The molecule has 0 saturated heterocycles. The van der Waals surface area contributed by atoms with Crippen LogP contribution in [-0.4, -0.2) is 13.7 Å². The van der Waals surface area contributed by atoms with E-state index in [1.54, 1.807) is 6.07 Å². The van der Waals surface area contributed by atoms with Crippen molar-refractivity contribution in [1.82, 2.24) is 0 Å². The molecule has 0 aliphatic carbocycles. The van der Waals surface area contributed by atoms with Crippen molar-refractivity contribution >= 4 is 0 Å². The molecule has 0 spiro atoms. The number of hydrogen-bond donors (Lipinski definition) is 1. The number of fused-ring (bicyclic) bond motifs is 1. The quantitative estimate of drug-likeness (QED) is 0.744. The maximum Gasteiger partial charge on any atom is 0.197 e. The lowest BCUT2D eigenvalue weighted by Crippen LogP contribution is -2.21. The normalized spacial score (nSPS) is 19.8. The SMILES string of the molecule is COc1c(F)ccc2c1OCC[C@@H]2N. The molecule has 0 aromatic heterocycles. The summed E-state index contributed by atoms with van der Waals surface area (Å²) in [5, 5.41) is 0. The molecular weight excluding hydrogens is 185 g/mol. The van der Waals surface area contributed by atoms with E-state index in [1.165, 1.54) is 13.2 Å². The van der Waals surface area contributed by atoms with E-state index in [4.69, 9.17) is 15.2 Å². The second-order valence-electron chi connectivity index (χ2n) is 3.24. The van der Waals surface area contributed by atoms with Crippen molar-refractivity contribution in [2.24, 2.45) is 5.73 Å². The lowest BCUT2D eigenvalue weighted by Gasteiger charge is -2.24. The van der Waals surface area contributed by atoms with E-state index in [9.17, 15) is 4.39 Å². The Hall–Kier alpha value is -1.29. The molecule has 0 amide bonds. The Bertz CT molecular complexity index is 354. The third kappa shape index (κ3) is 1.32. The summed E-state index contributed by atoms with van der Waals surface area (Å²) in [5.41, 5.74) is 6.68. The summed E-state index contributed by atoms with van der Waals surface area (Å²) < 4.78 is 23.5. The summed E-state index contributed by atoms with van der Waals surface area (Å²) in [6.07, 6.45) is 0.752. The molecule has 1 heterocycles. The molecule has 1 aromatic rings. The van der Waals surface area contributed by atoms with E-state index >= 15 is 0 Å². The molecule has 76 valence electrons. The monoisotopic (exact) mass is 197 g/mol. The molecule has 4 heteroatoms. The van der Waals surface area contributed by atoms with Crippen LogP contribution in [0.25, 0.3) is 0 Å². The third-order valence-corrected chi connectivity index (χ3v) is 2.37. The Morgan fingerprint density at radius 2 is 2.36 bits per heavy atom. The van der Waals surface area contributed by atoms with Gasteiger partial charge in [-0.05, 0) is 6.07 Å². The lowest BCUT2D eigenvalue weighted by atomic mass is 10.0. The smallest absolute Gasteiger partial charge is 0.197 e. The minimum absolute atomic E-state index is 0.0896. The predicted octanol–water partition coefficient (Wildman–Crippen LogP) is 1.62. The molecule has 1 aliphatic heterocycles. The molecule has 2 rings (SSSR count). The second kappa shape index (κ2) is 3.46. The number of hydrogen-bond acceptors (Lipinski definition) is 3. The van der Waals surface area contributed by atoms with Gasteiger partial charge in [0.25, 0.3) is 0 Å². The number of nitrogens with two attached hydrogens (primary N) is 1. The third-order valence-electron chi connectivity index (χ3n) is 2.37. The summed E-state index contributed by atoms with van der Waals surface area (Å²) in [7, 11) is 1.42. The first-order chi connectivity index (χ1) is 6.74. The van der Waals surface area contributed by atoms with Crippen molar-refractivity contribution in [3.05, 3.63) is 23.5 Å². The minimum Gasteiger partial charge on any atom is -0.490 e. The van der Waals surface area contributed by atoms with Crippen molar-refractivity contribution in [2.75, 3.05) is 13.7 Å². The Kier molecular flexibility index (Phi) is 2.29. The molecule has 1 aromatic carbocycles. The van der Waals surface area contributed by atoms with Crippen LogP contribution in [-0.2, 0) is 0 Å². The van der Waals surface area contributed by atoms with Crippen LogP contribution in [0.4, 0.5) is 4.39 Å². The van der Waals surface area contributed by atoms with Gasteiger partial charge in [-0.3, -0.25) is 0 Å². The maximum atomic E-state index is 13.3. The van der Waals surface area contributed by atoms with Crippen LogP contribution in [0.1, 0.15) is 18.0 Å². The molecule has 0 radical (unpaired) electrons. The first-order valence-electron chi connectivity index (χ1n) is 4.49. The van der Waals surface area contributed by atoms with Gasteiger partial charge in [-0.1, -0.05) is 6.07 Å². The van der Waals surface area contributed by atoms with E-state index < -0.39 is 5.82 Å². The van der Waals surface area contributed by atoms with Crippen LogP contribution in [0, 0.1) is 5.82 Å². The Morgan fingerprint density at radius 3 is 3.07 bits per heavy atom. The van der Waals surface area contributed by atoms with Gasteiger partial charge < -0.3 is 15.2 Å². The number of halogens is 1. The summed E-state index contributed by atoms with van der Waals surface area (Å²) >= 11 is 0. The molecule has 0 bridgehead atoms. The zero-order valence-corrected chi connectivity index (χ0v) is 7.92. The fourth-order valence-electron chi connectivity index (χ4n) is 1.63. The Labute approximate surface area is 81.6 Å². The van der Waals surface area contributed by atoms with E-state index in [-0.39, 0.29) is 11.8 Å². The average molecular weight is 197 g/mol. The van der Waals surface area contributed by atoms with Crippen LogP contribution in [0.5, 0.6) is 11.5 Å². The standard InChI is InChI=1S/C10H12FNO2/c1-13-10-7(11)3-2-6-8(12)4-5-14-9(6)10/h2-3,8H,4-5,12H2,1H3/t8-/m0/s1. The summed E-state index contributed by atoms with van der Waals surface area (Å²) in [4.78, 5) is 0. The fourth-order valence-corrected chi connectivity index (χ4v) is 1.63. The van der Waals surface area contributed by atoms with Gasteiger partial charge in [0.1, 0.15) is 0 Å². The van der Waals surface area contributed by atoms with Crippen molar-refractivity contribution in [3.63, 3.8) is 0 Å². The molecule has 0 saturated carbocycles. The highest BCUT2D eigenvalue weighted by Crippen LogP contribution is 2.39. The summed E-state index contributed by atoms with van der Waals surface area (Å²) in [6, 6.07) is 2.91. The van der Waals surface area contributed by atoms with Crippen molar-refractivity contribution in [1.29, 1.82) is 0 Å². The molecule has 0 fully saturated rings. The van der Waals surface area contributed by atoms with Gasteiger partial charge in [-0.15, -0.1) is 0 Å². The highest BCUT2D eigenvalue weighted by molar-refractivity contribution is 5.49. The minimum atomic E-state index is -0.416. The summed E-state index contributed by atoms with van der Waals surface area (Å²) in [6.45, 7) is 0.508. The zero-order valence-electron chi connectivity index (χ0n) is 7.92. The van der Waals surface area contributed by atoms with Crippen molar-refractivity contribution in [2.45, 2.75) is 12.5 Å². The van der Waals surface area contributed by atoms with Gasteiger partial charge in [-0.25, -0.2) is 4.39 Å². The van der Waals surface area contributed by atoms with Crippen LogP contribution in [0.3, 0.4) is 0 Å². The van der Waals surface area contributed by atoms with Crippen molar-refractivity contribution in [3.8, 4) is 11.5 Å². The van der Waals surface area contributed by atoms with Crippen LogP contribution < -0.4 is 15.2 Å². The van der Waals surface area contributed by atoms with Crippen LogP contribution >= 0.6 is 0 Å². The van der Waals surface area contributed by atoms with E-state index in [0.717, 1.165) is 12.0 Å². The van der Waals surface area contributed by atoms with E-state index in [2.05, 4.69) is 0 Å². The number of methoxy groups -OCH3 is 1. The maximum absolute atomic E-state index is 13.3. The molecule has 2 N–H and O–H groups in total. The van der Waals surface area contributed by atoms with Gasteiger partial charge in [-0.2, -0.15) is 0 Å². The average Bonchev–Trinajstić information content (AvgIpc) is 2.18. The number of rotatable bonds is 1. The Morgan fingerprint density at radius 1 is 1.57 bits per heavy atom. The molecule has 1 aliphatic rings. The number of ether oxygens (including phenoxy) is 2. The van der Waals surface area contributed by atoms with Crippen LogP contribution in [0.2, 0.25) is 0 Å². The largest absolute Gasteiger partial charge is 0.490 e. The van der Waals surface area contributed by atoms with Gasteiger partial charge in [0.2, 0.25) is 0 Å². The molecule has 3 nitrogen and oxygen atoms in total. The van der Waals surface area contributed by atoms with E-state index in [0.29, 0.717) is 12.4 Å². The highest BCUT2D eigenvalue weighted by Gasteiger charge is 2.23. The summed E-state index contributed by atoms with van der Waals surface area (Å²) in [5.74, 6) is 0.184. The lowest BCUT2D eigenvalue weighted by molar-refractivity contribution is 0.248. The van der Waals surface area contributed by atoms with Gasteiger partial charge in [0.05, 0.1) is 13.7 Å².